The molecule has 2 aliphatic rings. The SMILES string of the molecule is CC(C)c1ccc(C(=O)N2CC3CCN(c4ccc(OC(F)(F)F)cc4)C(C=O)C3C2)cc1. The summed E-state index contributed by atoms with van der Waals surface area (Å²) in [6, 6.07) is 12.8. The fourth-order valence-electron chi connectivity index (χ4n) is 4.95. The number of carbonyl (C=O) groups is 2. The second-order valence-electron chi connectivity index (χ2n) is 9.06. The van der Waals surface area contributed by atoms with E-state index in [4.69, 9.17) is 0 Å². The Bertz CT molecular complexity index is 989. The number of aldehydes is 1. The Hall–Kier alpha value is -3.03. The van der Waals surface area contributed by atoms with Gasteiger partial charge in [0.25, 0.3) is 5.91 Å². The summed E-state index contributed by atoms with van der Waals surface area (Å²) in [7, 11) is 0. The number of hydrogen-bond acceptors (Lipinski definition) is 4. The van der Waals surface area contributed by atoms with Crippen LogP contribution in [0, 0.1) is 11.8 Å². The number of rotatable bonds is 5. The van der Waals surface area contributed by atoms with Crippen LogP contribution < -0.4 is 9.64 Å². The van der Waals surface area contributed by atoms with Gasteiger partial charge in [-0.1, -0.05) is 26.0 Å². The van der Waals surface area contributed by atoms with Crippen LogP contribution in [0.4, 0.5) is 18.9 Å². The van der Waals surface area contributed by atoms with Crippen molar-refractivity contribution in [3.8, 4) is 5.75 Å². The summed E-state index contributed by atoms with van der Waals surface area (Å²) in [5, 5.41) is 0. The standard InChI is InChI=1S/C25H27F3N2O3/c1-16(2)17-3-5-18(6-4-17)24(32)29-13-19-11-12-30(23(15-31)22(19)14-29)20-7-9-21(10-8-20)33-25(26,27)28/h3-10,15-16,19,22-23H,11-14H2,1-2H3. The van der Waals surface area contributed by atoms with Crippen molar-refractivity contribution in [2.24, 2.45) is 11.8 Å². The molecular formula is C25H27F3N2O3. The number of likely N-dealkylation sites (tertiary alicyclic amines) is 1. The average molecular weight is 460 g/mol. The topological polar surface area (TPSA) is 49.9 Å². The highest BCUT2D eigenvalue weighted by molar-refractivity contribution is 5.94. The molecule has 2 heterocycles. The molecule has 33 heavy (non-hydrogen) atoms. The lowest BCUT2D eigenvalue weighted by atomic mass is 9.82. The number of fused-ring (bicyclic) bond motifs is 1. The van der Waals surface area contributed by atoms with Gasteiger partial charge in [0.1, 0.15) is 12.0 Å². The van der Waals surface area contributed by atoms with E-state index < -0.39 is 12.4 Å². The van der Waals surface area contributed by atoms with E-state index in [1.54, 1.807) is 0 Å². The highest BCUT2D eigenvalue weighted by atomic mass is 19.4. The molecule has 2 aliphatic heterocycles. The molecule has 0 aliphatic carbocycles. The Morgan fingerprint density at radius 3 is 2.30 bits per heavy atom. The van der Waals surface area contributed by atoms with Crippen molar-refractivity contribution in [2.45, 2.75) is 38.6 Å². The number of piperidine rings is 1. The molecule has 3 atom stereocenters. The van der Waals surface area contributed by atoms with Crippen molar-refractivity contribution in [1.29, 1.82) is 0 Å². The maximum atomic E-state index is 13.1. The molecule has 5 nitrogen and oxygen atoms in total. The van der Waals surface area contributed by atoms with Crippen molar-refractivity contribution in [1.82, 2.24) is 4.90 Å². The number of alkyl halides is 3. The molecule has 3 unspecified atom stereocenters. The average Bonchev–Trinajstić information content (AvgIpc) is 3.22. The molecule has 0 spiro atoms. The van der Waals surface area contributed by atoms with Gasteiger partial charge in [0.2, 0.25) is 0 Å². The lowest BCUT2D eigenvalue weighted by molar-refractivity contribution is -0.274. The molecule has 1 amide bonds. The van der Waals surface area contributed by atoms with Crippen LogP contribution in [0.3, 0.4) is 0 Å². The van der Waals surface area contributed by atoms with Crippen molar-refractivity contribution < 1.29 is 27.5 Å². The normalized spacial score (nSPS) is 22.9. The molecule has 8 heteroatoms. The van der Waals surface area contributed by atoms with Crippen LogP contribution in [-0.2, 0) is 4.79 Å². The summed E-state index contributed by atoms with van der Waals surface area (Å²) in [4.78, 5) is 28.9. The number of benzene rings is 2. The van der Waals surface area contributed by atoms with Gasteiger partial charge >= 0.3 is 6.36 Å². The largest absolute Gasteiger partial charge is 0.573 e. The Morgan fingerprint density at radius 2 is 1.73 bits per heavy atom. The van der Waals surface area contributed by atoms with E-state index in [1.807, 2.05) is 34.1 Å². The third-order valence-electron chi connectivity index (χ3n) is 6.68. The van der Waals surface area contributed by atoms with Gasteiger partial charge in [-0.25, -0.2) is 0 Å². The van der Waals surface area contributed by atoms with Crippen molar-refractivity contribution in [2.75, 3.05) is 24.5 Å². The fourth-order valence-corrected chi connectivity index (χ4v) is 4.95. The summed E-state index contributed by atoms with van der Waals surface area (Å²) in [6.07, 6.45) is -3.06. The van der Waals surface area contributed by atoms with Gasteiger partial charge in [-0.2, -0.15) is 0 Å². The van der Waals surface area contributed by atoms with E-state index in [0.29, 0.717) is 36.8 Å². The zero-order valence-electron chi connectivity index (χ0n) is 18.6. The van der Waals surface area contributed by atoms with Crippen LogP contribution in [0.2, 0.25) is 0 Å². The summed E-state index contributed by atoms with van der Waals surface area (Å²) >= 11 is 0. The second-order valence-corrected chi connectivity index (χ2v) is 9.06. The highest BCUT2D eigenvalue weighted by Crippen LogP contribution is 2.38. The fraction of sp³-hybridized carbons (Fsp3) is 0.440. The first kappa shape index (κ1) is 23.1. The van der Waals surface area contributed by atoms with Gasteiger partial charge in [-0.05, 0) is 60.2 Å². The zero-order chi connectivity index (χ0) is 23.8. The molecule has 0 N–H and O–H groups in total. The van der Waals surface area contributed by atoms with Crippen molar-refractivity contribution >= 4 is 17.9 Å². The van der Waals surface area contributed by atoms with Crippen LogP contribution in [-0.4, -0.2) is 49.1 Å². The third kappa shape index (κ3) is 4.99. The van der Waals surface area contributed by atoms with Crippen molar-refractivity contribution in [3.63, 3.8) is 0 Å². The summed E-state index contributed by atoms with van der Waals surface area (Å²) in [5.74, 6) is 0.233. The predicted molar refractivity (Wildman–Crippen MR) is 118 cm³/mol. The molecule has 176 valence electrons. The Balaban J connectivity index is 1.46. The van der Waals surface area contributed by atoms with Gasteiger partial charge in [0, 0.05) is 36.8 Å². The van der Waals surface area contributed by atoms with E-state index in [9.17, 15) is 22.8 Å². The maximum absolute atomic E-state index is 13.1. The zero-order valence-corrected chi connectivity index (χ0v) is 18.6. The van der Waals surface area contributed by atoms with Crippen molar-refractivity contribution in [3.05, 3.63) is 59.7 Å². The number of ether oxygens (including phenoxy) is 1. The molecule has 2 aromatic carbocycles. The van der Waals surface area contributed by atoms with E-state index >= 15 is 0 Å². The summed E-state index contributed by atoms with van der Waals surface area (Å²) in [6.45, 7) is 5.88. The van der Waals surface area contributed by atoms with E-state index in [2.05, 4.69) is 18.6 Å². The first-order chi connectivity index (χ1) is 15.7. The predicted octanol–water partition coefficient (Wildman–Crippen LogP) is 4.87. The van der Waals surface area contributed by atoms with Crippen LogP contribution in [0.25, 0.3) is 0 Å². The molecule has 2 fully saturated rings. The first-order valence-electron chi connectivity index (χ1n) is 11.1. The number of carbonyl (C=O) groups excluding carboxylic acids is 2. The molecule has 0 bridgehead atoms. The van der Waals surface area contributed by atoms with Crippen LogP contribution in [0.1, 0.15) is 42.1 Å². The molecule has 0 saturated carbocycles. The molecule has 4 rings (SSSR count). The molecular weight excluding hydrogens is 433 g/mol. The minimum Gasteiger partial charge on any atom is -0.406 e. The Labute approximate surface area is 191 Å². The Kier molecular flexibility index (Phi) is 6.36. The number of amides is 1. The maximum Gasteiger partial charge on any atom is 0.573 e. The lowest BCUT2D eigenvalue weighted by Crippen LogP contribution is -2.50. The highest BCUT2D eigenvalue weighted by Gasteiger charge is 2.45. The van der Waals surface area contributed by atoms with Crippen LogP contribution in [0.15, 0.2) is 48.5 Å². The van der Waals surface area contributed by atoms with Crippen LogP contribution >= 0.6 is 0 Å². The third-order valence-corrected chi connectivity index (χ3v) is 6.68. The van der Waals surface area contributed by atoms with Gasteiger partial charge in [0.15, 0.2) is 0 Å². The van der Waals surface area contributed by atoms with Gasteiger partial charge < -0.3 is 19.3 Å². The smallest absolute Gasteiger partial charge is 0.406 e. The van der Waals surface area contributed by atoms with Gasteiger partial charge in [-0.15, -0.1) is 13.2 Å². The minimum atomic E-state index is -4.75. The Morgan fingerprint density at radius 1 is 1.06 bits per heavy atom. The molecule has 0 radical (unpaired) electrons. The van der Waals surface area contributed by atoms with Gasteiger partial charge in [0.05, 0.1) is 6.04 Å². The molecule has 2 saturated heterocycles. The second kappa shape index (κ2) is 9.08. The summed E-state index contributed by atoms with van der Waals surface area (Å²) in [5.41, 5.74) is 2.47. The minimum absolute atomic E-state index is 0.0266. The molecule has 2 aromatic rings. The number of halogens is 3. The molecule has 0 aromatic heterocycles. The summed E-state index contributed by atoms with van der Waals surface area (Å²) < 4.78 is 41.2. The van der Waals surface area contributed by atoms with Gasteiger partial charge in [-0.3, -0.25) is 4.79 Å². The monoisotopic (exact) mass is 460 g/mol. The van der Waals surface area contributed by atoms with E-state index in [-0.39, 0.29) is 23.5 Å². The van der Waals surface area contributed by atoms with E-state index in [0.717, 1.165) is 12.7 Å². The number of nitrogens with zero attached hydrogens (tertiary/aromatic N) is 2. The first-order valence-corrected chi connectivity index (χ1v) is 11.1. The lowest BCUT2D eigenvalue weighted by Gasteiger charge is -2.41. The van der Waals surface area contributed by atoms with Crippen LogP contribution in [0.5, 0.6) is 5.75 Å². The quantitative estimate of drug-likeness (QED) is 0.597. The number of anilines is 1. The van der Waals surface area contributed by atoms with E-state index in [1.165, 1.54) is 29.8 Å². The number of hydrogen-bond donors (Lipinski definition) is 0.